The molecule has 1 aliphatic rings. The second kappa shape index (κ2) is 6.39. The molecule has 0 amide bonds. The summed E-state index contributed by atoms with van der Waals surface area (Å²) in [5.41, 5.74) is 1.06. The van der Waals surface area contributed by atoms with Crippen LogP contribution < -0.4 is 10.6 Å². The van der Waals surface area contributed by atoms with Crippen LogP contribution in [0.5, 0.6) is 0 Å². The van der Waals surface area contributed by atoms with Crippen molar-refractivity contribution < 1.29 is 0 Å². The molecule has 0 unspecified atom stereocenters. The Morgan fingerprint density at radius 2 is 2.10 bits per heavy atom. The summed E-state index contributed by atoms with van der Waals surface area (Å²) >= 11 is 0. The minimum Gasteiger partial charge on any atom is -0.356 e. The van der Waals surface area contributed by atoms with Gasteiger partial charge in [-0.2, -0.15) is 0 Å². The Kier molecular flexibility index (Phi) is 4.14. The first kappa shape index (κ1) is 13.6. The van der Waals surface area contributed by atoms with E-state index in [-0.39, 0.29) is 0 Å². The molecule has 3 rings (SSSR count). The van der Waals surface area contributed by atoms with E-state index in [4.69, 9.17) is 0 Å². The number of hydrogen-bond donors (Lipinski definition) is 2. The number of para-hydroxylation sites is 1. The molecule has 1 aromatic heterocycles. The van der Waals surface area contributed by atoms with Crippen molar-refractivity contribution in [2.75, 3.05) is 13.6 Å². The maximum atomic E-state index is 4.23. The smallest absolute Gasteiger partial charge is 0.191 e. The minimum atomic E-state index is 0.583. The lowest BCUT2D eigenvalue weighted by molar-refractivity contribution is 0.719. The van der Waals surface area contributed by atoms with E-state index in [1.54, 1.807) is 13.4 Å². The molecule has 0 spiro atoms. The molecule has 6 heteroatoms. The van der Waals surface area contributed by atoms with Gasteiger partial charge in [0.2, 0.25) is 0 Å². The minimum absolute atomic E-state index is 0.583. The SMILES string of the molecule is CN=C(NCc1nncn1-c1ccccc1)NCC1CC1. The summed E-state index contributed by atoms with van der Waals surface area (Å²) < 4.78 is 1.97. The summed E-state index contributed by atoms with van der Waals surface area (Å²) in [6, 6.07) is 10.1. The lowest BCUT2D eigenvalue weighted by Gasteiger charge is -2.12. The molecule has 1 heterocycles. The summed E-state index contributed by atoms with van der Waals surface area (Å²) in [7, 11) is 1.78. The fraction of sp³-hybridized carbons (Fsp3) is 0.400. The molecule has 0 saturated heterocycles. The second-order valence-electron chi connectivity index (χ2n) is 5.20. The van der Waals surface area contributed by atoms with Gasteiger partial charge in [0.25, 0.3) is 0 Å². The Bertz CT molecular complexity index is 600. The summed E-state index contributed by atoms with van der Waals surface area (Å²) in [6.45, 7) is 1.57. The number of guanidine groups is 1. The summed E-state index contributed by atoms with van der Waals surface area (Å²) in [5.74, 6) is 2.48. The first-order valence-electron chi connectivity index (χ1n) is 7.25. The third kappa shape index (κ3) is 3.59. The molecular weight excluding hydrogens is 264 g/mol. The molecule has 2 aromatic rings. The van der Waals surface area contributed by atoms with Crippen molar-refractivity contribution in [1.82, 2.24) is 25.4 Å². The third-order valence-corrected chi connectivity index (χ3v) is 3.55. The normalized spacial score (nSPS) is 15.0. The molecule has 0 bridgehead atoms. The van der Waals surface area contributed by atoms with Crippen molar-refractivity contribution in [1.29, 1.82) is 0 Å². The van der Waals surface area contributed by atoms with Crippen molar-refractivity contribution in [3.05, 3.63) is 42.5 Å². The van der Waals surface area contributed by atoms with Gasteiger partial charge in [0.15, 0.2) is 11.8 Å². The second-order valence-corrected chi connectivity index (χ2v) is 5.20. The van der Waals surface area contributed by atoms with Gasteiger partial charge in [0, 0.05) is 19.3 Å². The largest absolute Gasteiger partial charge is 0.356 e. The lowest BCUT2D eigenvalue weighted by Crippen LogP contribution is -2.38. The van der Waals surface area contributed by atoms with Gasteiger partial charge in [-0.3, -0.25) is 9.56 Å². The third-order valence-electron chi connectivity index (χ3n) is 3.55. The van der Waals surface area contributed by atoms with E-state index >= 15 is 0 Å². The monoisotopic (exact) mass is 284 g/mol. The molecule has 0 atom stereocenters. The van der Waals surface area contributed by atoms with E-state index in [9.17, 15) is 0 Å². The van der Waals surface area contributed by atoms with Crippen LogP contribution in [0.1, 0.15) is 18.7 Å². The van der Waals surface area contributed by atoms with Crippen LogP contribution in [-0.4, -0.2) is 34.3 Å². The van der Waals surface area contributed by atoms with Crippen molar-refractivity contribution >= 4 is 5.96 Å². The van der Waals surface area contributed by atoms with E-state index in [0.717, 1.165) is 29.9 Å². The highest BCUT2D eigenvalue weighted by molar-refractivity contribution is 5.79. The Labute approximate surface area is 124 Å². The van der Waals surface area contributed by atoms with Crippen molar-refractivity contribution in [3.63, 3.8) is 0 Å². The maximum Gasteiger partial charge on any atom is 0.191 e. The van der Waals surface area contributed by atoms with Gasteiger partial charge in [-0.25, -0.2) is 0 Å². The number of nitrogens with one attached hydrogen (secondary N) is 2. The van der Waals surface area contributed by atoms with E-state index in [0.29, 0.717) is 6.54 Å². The maximum absolute atomic E-state index is 4.23. The van der Waals surface area contributed by atoms with Crippen LogP contribution in [0, 0.1) is 5.92 Å². The topological polar surface area (TPSA) is 67.1 Å². The predicted octanol–water partition coefficient (Wildman–Crippen LogP) is 1.34. The Hall–Kier alpha value is -2.37. The molecule has 21 heavy (non-hydrogen) atoms. The van der Waals surface area contributed by atoms with Crippen LogP contribution in [0.4, 0.5) is 0 Å². The fourth-order valence-corrected chi connectivity index (χ4v) is 2.13. The zero-order valence-electron chi connectivity index (χ0n) is 12.2. The van der Waals surface area contributed by atoms with Gasteiger partial charge in [0.05, 0.1) is 6.54 Å². The van der Waals surface area contributed by atoms with Crippen molar-refractivity contribution in [2.45, 2.75) is 19.4 Å². The standard InChI is InChI=1S/C15H20N6/c1-16-15(17-9-12-7-8-12)18-10-14-20-19-11-21(14)13-5-3-2-4-6-13/h2-6,11-12H,7-10H2,1H3,(H2,16,17,18). The quantitative estimate of drug-likeness (QED) is 0.642. The van der Waals surface area contributed by atoms with Gasteiger partial charge in [-0.15, -0.1) is 10.2 Å². The van der Waals surface area contributed by atoms with Gasteiger partial charge in [-0.1, -0.05) is 18.2 Å². The number of aliphatic imine (C=N–C) groups is 1. The highest BCUT2D eigenvalue weighted by Crippen LogP contribution is 2.27. The van der Waals surface area contributed by atoms with E-state index < -0.39 is 0 Å². The molecule has 0 aliphatic heterocycles. The predicted molar refractivity (Wildman–Crippen MR) is 82.3 cm³/mol. The highest BCUT2D eigenvalue weighted by Gasteiger charge is 2.21. The summed E-state index contributed by atoms with van der Waals surface area (Å²) in [5, 5.41) is 14.8. The van der Waals surface area contributed by atoms with Crippen LogP contribution in [0.3, 0.4) is 0 Å². The average Bonchev–Trinajstić information content (AvgIpc) is 3.24. The molecule has 110 valence electrons. The van der Waals surface area contributed by atoms with Crippen LogP contribution in [0.15, 0.2) is 41.7 Å². The van der Waals surface area contributed by atoms with Gasteiger partial charge < -0.3 is 10.6 Å². The fourth-order valence-electron chi connectivity index (χ4n) is 2.13. The molecule has 0 radical (unpaired) electrons. The molecule has 2 N–H and O–H groups in total. The van der Waals surface area contributed by atoms with Crippen LogP contribution in [0.2, 0.25) is 0 Å². The van der Waals surface area contributed by atoms with Crippen LogP contribution >= 0.6 is 0 Å². The summed E-state index contributed by atoms with van der Waals surface area (Å²) in [6.07, 6.45) is 4.38. The number of rotatable bonds is 5. The molecular formula is C15H20N6. The van der Waals surface area contributed by atoms with E-state index in [1.807, 2.05) is 34.9 Å². The zero-order valence-corrected chi connectivity index (χ0v) is 12.2. The number of aromatic nitrogens is 3. The van der Waals surface area contributed by atoms with Gasteiger partial charge in [-0.05, 0) is 30.9 Å². The van der Waals surface area contributed by atoms with E-state index in [2.05, 4.69) is 25.8 Å². The highest BCUT2D eigenvalue weighted by atomic mass is 15.3. The summed E-state index contributed by atoms with van der Waals surface area (Å²) in [4.78, 5) is 4.23. The number of hydrogen-bond acceptors (Lipinski definition) is 3. The van der Waals surface area contributed by atoms with E-state index in [1.165, 1.54) is 12.8 Å². The van der Waals surface area contributed by atoms with Crippen molar-refractivity contribution in [2.24, 2.45) is 10.9 Å². The Balaban J connectivity index is 1.61. The first-order valence-corrected chi connectivity index (χ1v) is 7.25. The van der Waals surface area contributed by atoms with Gasteiger partial charge >= 0.3 is 0 Å². The molecule has 1 aromatic carbocycles. The Morgan fingerprint density at radius 3 is 2.81 bits per heavy atom. The average molecular weight is 284 g/mol. The Morgan fingerprint density at radius 1 is 1.29 bits per heavy atom. The lowest BCUT2D eigenvalue weighted by atomic mass is 10.3. The zero-order chi connectivity index (χ0) is 14.5. The molecule has 1 saturated carbocycles. The number of benzene rings is 1. The van der Waals surface area contributed by atoms with Crippen molar-refractivity contribution in [3.8, 4) is 5.69 Å². The van der Waals surface area contributed by atoms with Crippen LogP contribution in [-0.2, 0) is 6.54 Å². The van der Waals surface area contributed by atoms with Gasteiger partial charge in [0.1, 0.15) is 6.33 Å². The van der Waals surface area contributed by atoms with Crippen LogP contribution in [0.25, 0.3) is 5.69 Å². The first-order chi connectivity index (χ1) is 10.4. The molecule has 1 aliphatic carbocycles. The molecule has 1 fully saturated rings. The molecule has 6 nitrogen and oxygen atoms in total. The number of nitrogens with zero attached hydrogens (tertiary/aromatic N) is 4.